The van der Waals surface area contributed by atoms with Crippen molar-refractivity contribution in [2.75, 3.05) is 18.4 Å². The van der Waals surface area contributed by atoms with E-state index < -0.39 is 10.0 Å². The molecule has 162 valence electrons. The minimum Gasteiger partial charge on any atom is -0.300 e. The maximum absolute atomic E-state index is 12.7. The van der Waals surface area contributed by atoms with Crippen LogP contribution < -0.4 is 5.32 Å². The summed E-state index contributed by atoms with van der Waals surface area (Å²) >= 11 is 7.18. The molecule has 1 aliphatic rings. The highest BCUT2D eigenvalue weighted by Crippen LogP contribution is 2.28. The Bertz CT molecular complexity index is 1140. The number of carbonyl (C=O) groups excluding carboxylic acids is 1. The van der Waals surface area contributed by atoms with Crippen molar-refractivity contribution in [1.82, 2.24) is 14.5 Å². The second-order valence-electron chi connectivity index (χ2n) is 7.32. The molecule has 7 nitrogen and oxygen atoms in total. The maximum atomic E-state index is 12.7. The SMILES string of the molecule is O=C(Nc1nnc(-c2ccccc2)s1)C1CCN(S(=O)(=O)Cc2ccc(Cl)cc2)CC1. The molecule has 0 atom stereocenters. The Hall–Kier alpha value is -2.33. The summed E-state index contributed by atoms with van der Waals surface area (Å²) in [7, 11) is -3.45. The molecule has 1 aromatic heterocycles. The quantitative estimate of drug-likeness (QED) is 0.579. The van der Waals surface area contributed by atoms with Crippen molar-refractivity contribution in [1.29, 1.82) is 0 Å². The Morgan fingerprint density at radius 3 is 2.42 bits per heavy atom. The second-order valence-corrected chi connectivity index (χ2v) is 10.7. The van der Waals surface area contributed by atoms with Crippen LogP contribution >= 0.6 is 22.9 Å². The van der Waals surface area contributed by atoms with Gasteiger partial charge in [-0.3, -0.25) is 4.79 Å². The highest BCUT2D eigenvalue weighted by molar-refractivity contribution is 7.88. The number of hydrogen-bond acceptors (Lipinski definition) is 6. The molecule has 1 saturated heterocycles. The number of anilines is 1. The van der Waals surface area contributed by atoms with Gasteiger partial charge >= 0.3 is 0 Å². The van der Waals surface area contributed by atoms with Crippen LogP contribution in [0.4, 0.5) is 5.13 Å². The topological polar surface area (TPSA) is 92.3 Å². The standard InChI is InChI=1S/C21H21ClN4O3S2/c22-18-8-6-15(7-9-18)14-31(28,29)26-12-10-16(11-13-26)19(27)23-21-25-24-20(30-21)17-4-2-1-3-5-17/h1-9,16H,10-14H2,(H,23,25,27). The van der Waals surface area contributed by atoms with Crippen molar-refractivity contribution >= 4 is 44.0 Å². The van der Waals surface area contributed by atoms with Gasteiger partial charge < -0.3 is 5.32 Å². The first kappa shape index (κ1) is 21.9. The molecule has 0 spiro atoms. The smallest absolute Gasteiger partial charge is 0.229 e. The van der Waals surface area contributed by atoms with Crippen LogP contribution in [0, 0.1) is 5.92 Å². The summed E-state index contributed by atoms with van der Waals surface area (Å²) in [6.45, 7) is 0.638. The van der Waals surface area contributed by atoms with Crippen LogP contribution in [0.3, 0.4) is 0 Å². The molecule has 3 aromatic rings. The van der Waals surface area contributed by atoms with Gasteiger partial charge in [0.05, 0.1) is 5.75 Å². The van der Waals surface area contributed by atoms with Crippen molar-refractivity contribution in [3.8, 4) is 10.6 Å². The van der Waals surface area contributed by atoms with E-state index in [9.17, 15) is 13.2 Å². The monoisotopic (exact) mass is 476 g/mol. The molecule has 2 aromatic carbocycles. The molecule has 0 saturated carbocycles. The normalized spacial score (nSPS) is 15.6. The van der Waals surface area contributed by atoms with E-state index in [0.29, 0.717) is 41.6 Å². The van der Waals surface area contributed by atoms with Crippen LogP contribution in [0.25, 0.3) is 10.6 Å². The van der Waals surface area contributed by atoms with Crippen LogP contribution in [0.1, 0.15) is 18.4 Å². The third kappa shape index (κ3) is 5.48. The minimum atomic E-state index is -3.45. The van der Waals surface area contributed by atoms with E-state index in [1.807, 2.05) is 30.3 Å². The first-order chi connectivity index (χ1) is 14.9. The van der Waals surface area contributed by atoms with Gasteiger partial charge in [-0.1, -0.05) is 65.4 Å². The number of aromatic nitrogens is 2. The van der Waals surface area contributed by atoms with Gasteiger partial charge in [-0.2, -0.15) is 0 Å². The highest BCUT2D eigenvalue weighted by atomic mass is 35.5. The van der Waals surface area contributed by atoms with E-state index in [4.69, 9.17) is 11.6 Å². The number of hydrogen-bond donors (Lipinski definition) is 1. The number of nitrogens with one attached hydrogen (secondary N) is 1. The minimum absolute atomic E-state index is 0.0753. The lowest BCUT2D eigenvalue weighted by atomic mass is 9.97. The molecule has 0 aliphatic carbocycles. The first-order valence-electron chi connectivity index (χ1n) is 9.83. The van der Waals surface area contributed by atoms with Gasteiger partial charge in [0.15, 0.2) is 0 Å². The number of amides is 1. The van der Waals surface area contributed by atoms with Crippen molar-refractivity contribution in [2.24, 2.45) is 5.92 Å². The summed E-state index contributed by atoms with van der Waals surface area (Å²) in [5, 5.41) is 12.8. The predicted octanol–water partition coefficient (Wildman–Crippen LogP) is 4.04. The largest absolute Gasteiger partial charge is 0.300 e. The van der Waals surface area contributed by atoms with Gasteiger partial charge in [-0.05, 0) is 30.5 Å². The van der Waals surface area contributed by atoms with Crippen molar-refractivity contribution < 1.29 is 13.2 Å². The molecule has 1 N–H and O–H groups in total. The Balaban J connectivity index is 1.31. The maximum Gasteiger partial charge on any atom is 0.229 e. The highest BCUT2D eigenvalue weighted by Gasteiger charge is 2.31. The van der Waals surface area contributed by atoms with Crippen molar-refractivity contribution in [2.45, 2.75) is 18.6 Å². The predicted molar refractivity (Wildman–Crippen MR) is 122 cm³/mol. The molecule has 1 aliphatic heterocycles. The molecule has 0 bridgehead atoms. The zero-order valence-corrected chi connectivity index (χ0v) is 19.0. The second kappa shape index (κ2) is 9.44. The Morgan fingerprint density at radius 1 is 1.06 bits per heavy atom. The molecular weight excluding hydrogens is 456 g/mol. The lowest BCUT2D eigenvalue weighted by Crippen LogP contribution is -2.41. The van der Waals surface area contributed by atoms with Crippen molar-refractivity contribution in [3.63, 3.8) is 0 Å². The molecule has 1 fully saturated rings. The molecule has 0 radical (unpaired) electrons. The molecular formula is C21H21ClN4O3S2. The third-order valence-corrected chi connectivity index (χ3v) is 8.15. The zero-order chi connectivity index (χ0) is 21.8. The number of carbonyl (C=O) groups is 1. The fraction of sp³-hybridized carbons (Fsp3) is 0.286. The summed E-state index contributed by atoms with van der Waals surface area (Å²) in [5.41, 5.74) is 1.63. The van der Waals surface area contributed by atoms with Crippen LogP contribution in [0.15, 0.2) is 54.6 Å². The van der Waals surface area contributed by atoms with Gasteiger partial charge in [0, 0.05) is 29.6 Å². The summed E-state index contributed by atoms with van der Waals surface area (Å²) in [4.78, 5) is 12.6. The lowest BCUT2D eigenvalue weighted by Gasteiger charge is -2.30. The number of rotatable bonds is 6. The first-order valence-corrected chi connectivity index (χ1v) is 12.6. The van der Waals surface area contributed by atoms with Gasteiger partial charge in [-0.15, -0.1) is 10.2 Å². The van der Waals surface area contributed by atoms with Crippen LogP contribution in [0.2, 0.25) is 5.02 Å². The molecule has 2 heterocycles. The van der Waals surface area contributed by atoms with Gasteiger partial charge in [0.1, 0.15) is 5.01 Å². The lowest BCUT2D eigenvalue weighted by molar-refractivity contribution is -0.120. The zero-order valence-electron chi connectivity index (χ0n) is 16.6. The number of sulfonamides is 1. The van der Waals surface area contributed by atoms with E-state index in [0.717, 1.165) is 10.6 Å². The van der Waals surface area contributed by atoms with E-state index in [2.05, 4.69) is 15.5 Å². The van der Waals surface area contributed by atoms with Crippen molar-refractivity contribution in [3.05, 3.63) is 65.2 Å². The summed E-state index contributed by atoms with van der Waals surface area (Å²) in [6.07, 6.45) is 0.937. The Morgan fingerprint density at radius 2 is 1.74 bits per heavy atom. The van der Waals surface area contributed by atoms with E-state index in [-0.39, 0.29) is 17.6 Å². The Labute approximate surface area is 190 Å². The number of nitrogens with zero attached hydrogens (tertiary/aromatic N) is 3. The third-order valence-electron chi connectivity index (χ3n) is 5.16. The summed E-state index contributed by atoms with van der Waals surface area (Å²) in [6, 6.07) is 16.4. The molecule has 10 heteroatoms. The van der Waals surface area contributed by atoms with Crippen LogP contribution in [0.5, 0.6) is 0 Å². The van der Waals surface area contributed by atoms with Gasteiger partial charge in [0.25, 0.3) is 0 Å². The fourth-order valence-corrected chi connectivity index (χ4v) is 5.90. The van der Waals surface area contributed by atoms with Crippen LogP contribution in [-0.4, -0.2) is 41.9 Å². The van der Waals surface area contributed by atoms with E-state index in [1.165, 1.54) is 15.6 Å². The molecule has 1 amide bonds. The average molecular weight is 477 g/mol. The molecule has 4 rings (SSSR count). The number of piperidine rings is 1. The van der Waals surface area contributed by atoms with E-state index >= 15 is 0 Å². The van der Waals surface area contributed by atoms with Gasteiger partial charge in [0.2, 0.25) is 21.1 Å². The number of benzene rings is 2. The summed E-state index contributed by atoms with van der Waals surface area (Å²) < 4.78 is 26.9. The van der Waals surface area contributed by atoms with Crippen LogP contribution in [-0.2, 0) is 20.6 Å². The average Bonchev–Trinajstić information content (AvgIpc) is 3.24. The van der Waals surface area contributed by atoms with E-state index in [1.54, 1.807) is 24.3 Å². The number of halogens is 1. The molecule has 0 unspecified atom stereocenters. The molecule has 31 heavy (non-hydrogen) atoms. The fourth-order valence-electron chi connectivity index (χ4n) is 3.46. The van der Waals surface area contributed by atoms with Gasteiger partial charge in [-0.25, -0.2) is 12.7 Å². The Kier molecular flexibility index (Phi) is 6.66. The summed E-state index contributed by atoms with van der Waals surface area (Å²) in [5.74, 6) is -0.481.